The summed E-state index contributed by atoms with van der Waals surface area (Å²) < 4.78 is 11.1. The van der Waals surface area contributed by atoms with Crippen LogP contribution in [0.2, 0.25) is 0 Å². The lowest BCUT2D eigenvalue weighted by molar-refractivity contribution is -0.150. The molecule has 1 saturated carbocycles. The van der Waals surface area contributed by atoms with E-state index in [1.165, 1.54) is 49.8 Å². The van der Waals surface area contributed by atoms with E-state index in [1.54, 1.807) is 0 Å². The van der Waals surface area contributed by atoms with E-state index in [-0.39, 0.29) is 18.2 Å². The van der Waals surface area contributed by atoms with E-state index in [1.807, 2.05) is 0 Å². The van der Waals surface area contributed by atoms with Gasteiger partial charge in [-0.05, 0) is 74.4 Å². The molecule has 4 heteroatoms. The highest BCUT2D eigenvalue weighted by Crippen LogP contribution is 2.62. The number of carbonyl (C=O) groups is 1. The lowest BCUT2D eigenvalue weighted by atomic mass is 9.45. The van der Waals surface area contributed by atoms with E-state index in [4.69, 9.17) is 9.47 Å². The zero-order valence-corrected chi connectivity index (χ0v) is 17.8. The van der Waals surface area contributed by atoms with Crippen LogP contribution in [0.4, 0.5) is 0 Å². The second-order valence-electron chi connectivity index (χ2n) is 9.36. The van der Waals surface area contributed by atoms with Crippen LogP contribution in [0.1, 0.15) is 76.3 Å². The second kappa shape index (κ2) is 7.70. The normalized spacial score (nSPS) is 31.6. The zero-order chi connectivity index (χ0) is 19.8. The molecule has 1 aromatic carbocycles. The van der Waals surface area contributed by atoms with Crippen molar-refractivity contribution in [1.29, 1.82) is 0 Å². The first-order valence-electron chi connectivity index (χ1n) is 11.1. The average Bonchev–Trinajstić information content (AvgIpc) is 2.69. The molecule has 4 nitrogen and oxygen atoms in total. The molecule has 0 N–H and O–H groups in total. The topological polar surface area (TPSA) is 38.8 Å². The predicted octanol–water partition coefficient (Wildman–Crippen LogP) is 4.83. The van der Waals surface area contributed by atoms with Crippen LogP contribution in [0.15, 0.2) is 18.2 Å². The van der Waals surface area contributed by atoms with Gasteiger partial charge in [0.15, 0.2) is 0 Å². The molecule has 3 atom stereocenters. The molecule has 154 valence electrons. The Hall–Kier alpha value is -1.55. The van der Waals surface area contributed by atoms with Crippen LogP contribution in [-0.4, -0.2) is 37.3 Å². The highest BCUT2D eigenvalue weighted by Gasteiger charge is 2.60. The molecule has 0 radical (unpaired) electrons. The summed E-state index contributed by atoms with van der Waals surface area (Å²) in [4.78, 5) is 14.3. The maximum atomic E-state index is 11.7. The molecule has 0 amide bonds. The number of hydrogen-bond acceptors (Lipinski definition) is 4. The summed E-state index contributed by atoms with van der Waals surface area (Å²) in [5, 5.41) is 0. The summed E-state index contributed by atoms with van der Waals surface area (Å²) in [6, 6.07) is 7.21. The van der Waals surface area contributed by atoms with Crippen molar-refractivity contribution in [2.45, 2.75) is 83.1 Å². The van der Waals surface area contributed by atoms with Crippen molar-refractivity contribution in [2.75, 3.05) is 20.4 Å². The fraction of sp³-hybridized carbons (Fsp3) is 0.708. The maximum Gasteiger partial charge on any atom is 0.308 e. The Balaban J connectivity index is 1.55. The number of hydrogen-bond donors (Lipinski definition) is 0. The van der Waals surface area contributed by atoms with Crippen molar-refractivity contribution in [2.24, 2.45) is 5.41 Å². The van der Waals surface area contributed by atoms with Crippen LogP contribution < -0.4 is 4.74 Å². The minimum absolute atomic E-state index is 0.0109. The second-order valence-corrected chi connectivity index (χ2v) is 9.36. The lowest BCUT2D eigenvalue weighted by Gasteiger charge is -2.65. The number of piperidine rings is 1. The Morgan fingerprint density at radius 1 is 1.25 bits per heavy atom. The largest absolute Gasteiger partial charge is 0.457 e. The molecule has 0 aromatic heterocycles. The van der Waals surface area contributed by atoms with Gasteiger partial charge < -0.3 is 14.4 Å². The SMILES string of the molecule is CCCCC(=O)OCOc1ccc2c(c1)[C@]13CCCC[C@]1(C)[C@H](C2)N(C)CC3. The van der Waals surface area contributed by atoms with Gasteiger partial charge in [0.25, 0.3) is 0 Å². The molecule has 0 unspecified atom stereocenters. The maximum absolute atomic E-state index is 11.7. The van der Waals surface area contributed by atoms with Crippen LogP contribution in [0, 0.1) is 5.41 Å². The Bertz CT molecular complexity index is 733. The first-order valence-corrected chi connectivity index (χ1v) is 11.1. The molecule has 28 heavy (non-hydrogen) atoms. The fourth-order valence-corrected chi connectivity index (χ4v) is 6.34. The number of ether oxygens (including phenoxy) is 2. The predicted molar refractivity (Wildman–Crippen MR) is 111 cm³/mol. The van der Waals surface area contributed by atoms with E-state index >= 15 is 0 Å². The Labute approximate surface area is 169 Å². The summed E-state index contributed by atoms with van der Waals surface area (Å²) in [5.41, 5.74) is 3.61. The van der Waals surface area contributed by atoms with Gasteiger partial charge in [-0.3, -0.25) is 4.79 Å². The molecule has 0 spiro atoms. The average molecular weight is 386 g/mol. The number of nitrogens with zero attached hydrogens (tertiary/aromatic N) is 1. The van der Waals surface area contributed by atoms with E-state index in [2.05, 4.69) is 44.0 Å². The van der Waals surface area contributed by atoms with Gasteiger partial charge in [-0.15, -0.1) is 0 Å². The molecule has 2 fully saturated rings. The molecule has 1 aliphatic heterocycles. The molecular weight excluding hydrogens is 350 g/mol. The van der Waals surface area contributed by atoms with Crippen LogP contribution in [0.25, 0.3) is 0 Å². The first kappa shape index (κ1) is 19.8. The quantitative estimate of drug-likeness (QED) is 0.519. The van der Waals surface area contributed by atoms with Gasteiger partial charge in [-0.2, -0.15) is 0 Å². The third-order valence-corrected chi connectivity index (χ3v) is 7.99. The van der Waals surface area contributed by atoms with E-state index < -0.39 is 0 Å². The van der Waals surface area contributed by atoms with E-state index in [0.717, 1.165) is 25.0 Å². The number of unbranched alkanes of at least 4 members (excludes halogenated alkanes) is 1. The Kier molecular flexibility index (Phi) is 5.43. The van der Waals surface area contributed by atoms with E-state index in [9.17, 15) is 4.79 Å². The van der Waals surface area contributed by atoms with Gasteiger partial charge >= 0.3 is 5.97 Å². The summed E-state index contributed by atoms with van der Waals surface area (Å²) in [5.74, 6) is 0.665. The van der Waals surface area contributed by atoms with Gasteiger partial charge in [-0.1, -0.05) is 39.2 Å². The van der Waals surface area contributed by atoms with Gasteiger partial charge in [0.1, 0.15) is 5.75 Å². The van der Waals surface area contributed by atoms with Crippen molar-refractivity contribution in [3.05, 3.63) is 29.3 Å². The molecule has 2 bridgehead atoms. The highest BCUT2D eigenvalue weighted by molar-refractivity contribution is 5.69. The van der Waals surface area contributed by atoms with Crippen molar-refractivity contribution in [3.8, 4) is 5.75 Å². The summed E-state index contributed by atoms with van der Waals surface area (Å²) in [6.07, 6.45) is 9.99. The Morgan fingerprint density at radius 2 is 2.07 bits per heavy atom. The number of likely N-dealkylation sites (N-methyl/N-ethyl adjacent to an activating group) is 1. The van der Waals surface area contributed by atoms with Crippen LogP contribution >= 0.6 is 0 Å². The van der Waals surface area contributed by atoms with Crippen molar-refractivity contribution < 1.29 is 14.3 Å². The summed E-state index contributed by atoms with van der Waals surface area (Å²) in [6.45, 7) is 5.80. The van der Waals surface area contributed by atoms with Gasteiger partial charge in [-0.25, -0.2) is 0 Å². The first-order chi connectivity index (χ1) is 13.5. The molecule has 1 heterocycles. The molecule has 3 aliphatic rings. The number of esters is 1. The fourth-order valence-electron chi connectivity index (χ4n) is 6.34. The smallest absolute Gasteiger partial charge is 0.308 e. The standard InChI is InChI=1S/C24H35NO3/c1-4-5-8-22(26)28-17-27-19-10-9-18-15-21-23(2)11-6-7-12-24(23,20(18)16-19)13-14-25(21)3/h9-10,16,21H,4-8,11-15,17H2,1-3H3/t21-,23+,24+/m0/s1. The van der Waals surface area contributed by atoms with Crippen molar-refractivity contribution in [3.63, 3.8) is 0 Å². The zero-order valence-electron chi connectivity index (χ0n) is 17.8. The molecular formula is C24H35NO3. The number of carbonyl (C=O) groups excluding carboxylic acids is 1. The summed E-state index contributed by atoms with van der Waals surface area (Å²) in [7, 11) is 2.31. The third kappa shape index (κ3) is 3.14. The number of fused-ring (bicyclic) bond motifs is 1. The summed E-state index contributed by atoms with van der Waals surface area (Å²) >= 11 is 0. The van der Waals surface area contributed by atoms with Crippen LogP contribution in [0.5, 0.6) is 5.75 Å². The Morgan fingerprint density at radius 3 is 2.89 bits per heavy atom. The van der Waals surface area contributed by atoms with E-state index in [0.29, 0.717) is 17.9 Å². The van der Waals surface area contributed by atoms with Crippen LogP contribution in [0.3, 0.4) is 0 Å². The molecule has 4 rings (SSSR count). The van der Waals surface area contributed by atoms with Crippen LogP contribution in [-0.2, 0) is 21.4 Å². The van der Waals surface area contributed by atoms with Crippen molar-refractivity contribution >= 4 is 5.97 Å². The van der Waals surface area contributed by atoms with Crippen molar-refractivity contribution in [1.82, 2.24) is 4.90 Å². The molecule has 2 aliphatic carbocycles. The third-order valence-electron chi connectivity index (χ3n) is 7.99. The number of benzene rings is 1. The monoisotopic (exact) mass is 385 g/mol. The lowest BCUT2D eigenvalue weighted by Crippen LogP contribution is -2.66. The number of rotatable bonds is 6. The minimum atomic E-state index is -0.170. The highest BCUT2D eigenvalue weighted by atomic mass is 16.7. The number of likely N-dealkylation sites (tertiary alicyclic amines) is 1. The molecule has 1 saturated heterocycles. The minimum Gasteiger partial charge on any atom is -0.457 e. The van der Waals surface area contributed by atoms with Gasteiger partial charge in [0.2, 0.25) is 6.79 Å². The van der Waals surface area contributed by atoms with Gasteiger partial charge in [0, 0.05) is 17.9 Å². The molecule has 1 aromatic rings. The van der Waals surface area contributed by atoms with Gasteiger partial charge in [0.05, 0.1) is 0 Å².